The number of nitrogens with zero attached hydrogens (tertiary/aromatic N) is 1. The van der Waals surface area contributed by atoms with Gasteiger partial charge in [-0.05, 0) is 36.4 Å². The molecule has 0 aliphatic carbocycles. The second-order valence-electron chi connectivity index (χ2n) is 4.26. The molecule has 2 rings (SSSR count). The van der Waals surface area contributed by atoms with Gasteiger partial charge in [-0.15, -0.1) is 11.8 Å². The number of anilines is 2. The Bertz CT molecular complexity index is 601. The van der Waals surface area contributed by atoms with Crippen LogP contribution in [0.1, 0.15) is 0 Å². The van der Waals surface area contributed by atoms with Gasteiger partial charge in [-0.25, -0.2) is 4.39 Å². The molecular weight excluding hydrogens is 275 g/mol. The molecule has 0 heterocycles. The molecule has 2 N–H and O–H groups in total. The fraction of sp³-hybridized carbons (Fsp3) is 0.133. The van der Waals surface area contributed by atoms with Crippen molar-refractivity contribution in [2.75, 3.05) is 23.4 Å². The van der Waals surface area contributed by atoms with Crippen molar-refractivity contribution in [3.63, 3.8) is 0 Å². The normalized spacial score (nSPS) is 10.3. The number of hydrogen-bond donors (Lipinski definition) is 1. The van der Waals surface area contributed by atoms with Crippen LogP contribution >= 0.6 is 11.8 Å². The molecule has 104 valence electrons. The summed E-state index contributed by atoms with van der Waals surface area (Å²) in [6, 6.07) is 13.5. The van der Waals surface area contributed by atoms with Crippen LogP contribution in [0.5, 0.6) is 0 Å². The van der Waals surface area contributed by atoms with Gasteiger partial charge in [-0.1, -0.05) is 12.1 Å². The Labute approximate surface area is 121 Å². The zero-order chi connectivity index (χ0) is 14.5. The molecule has 0 bridgehead atoms. The second-order valence-corrected chi connectivity index (χ2v) is 5.28. The van der Waals surface area contributed by atoms with Gasteiger partial charge in [-0.2, -0.15) is 0 Å². The number of nitrogens with two attached hydrogens (primary N) is 1. The Kier molecular flexibility index (Phi) is 4.63. The largest absolute Gasteiger partial charge is 0.399 e. The van der Waals surface area contributed by atoms with E-state index in [9.17, 15) is 9.18 Å². The lowest BCUT2D eigenvalue weighted by Gasteiger charge is -2.17. The maximum absolute atomic E-state index is 13.4. The highest BCUT2D eigenvalue weighted by Gasteiger charge is 2.12. The van der Waals surface area contributed by atoms with E-state index in [-0.39, 0.29) is 17.5 Å². The molecular formula is C15H15FN2OS. The van der Waals surface area contributed by atoms with E-state index in [4.69, 9.17) is 5.73 Å². The molecule has 2 aromatic rings. The maximum atomic E-state index is 13.4. The lowest BCUT2D eigenvalue weighted by molar-refractivity contribution is -0.115. The average Bonchev–Trinajstić information content (AvgIpc) is 2.46. The first-order chi connectivity index (χ1) is 9.58. The Hall–Kier alpha value is -2.01. The van der Waals surface area contributed by atoms with Gasteiger partial charge >= 0.3 is 0 Å². The fourth-order valence-electron chi connectivity index (χ4n) is 1.64. The monoisotopic (exact) mass is 290 g/mol. The first-order valence-electron chi connectivity index (χ1n) is 6.07. The van der Waals surface area contributed by atoms with Gasteiger partial charge in [-0.3, -0.25) is 4.79 Å². The summed E-state index contributed by atoms with van der Waals surface area (Å²) in [4.78, 5) is 14.1. The van der Waals surface area contributed by atoms with Crippen LogP contribution in [0.2, 0.25) is 0 Å². The maximum Gasteiger partial charge on any atom is 0.237 e. The van der Waals surface area contributed by atoms with Crippen LogP contribution in [0.3, 0.4) is 0 Å². The minimum Gasteiger partial charge on any atom is -0.399 e. The number of thioether (sulfide) groups is 1. The quantitative estimate of drug-likeness (QED) is 0.695. The van der Waals surface area contributed by atoms with Crippen molar-refractivity contribution in [3.8, 4) is 0 Å². The standard InChI is InChI=1S/C15H15FN2OS/c1-18(12-8-6-11(17)7-9-12)15(19)10-20-14-5-3-2-4-13(14)16/h2-9H,10,17H2,1H3. The summed E-state index contributed by atoms with van der Waals surface area (Å²) in [5.41, 5.74) is 7.02. The summed E-state index contributed by atoms with van der Waals surface area (Å²) >= 11 is 1.19. The smallest absolute Gasteiger partial charge is 0.237 e. The molecule has 5 heteroatoms. The molecule has 2 aromatic carbocycles. The molecule has 0 unspecified atom stereocenters. The minimum absolute atomic E-state index is 0.0944. The zero-order valence-electron chi connectivity index (χ0n) is 11.0. The Morgan fingerprint density at radius 1 is 1.20 bits per heavy atom. The van der Waals surface area contributed by atoms with Crippen molar-refractivity contribution in [1.82, 2.24) is 0 Å². The van der Waals surface area contributed by atoms with Gasteiger partial charge in [0.1, 0.15) is 5.82 Å². The van der Waals surface area contributed by atoms with E-state index >= 15 is 0 Å². The number of nitrogen functional groups attached to an aromatic ring is 1. The first-order valence-corrected chi connectivity index (χ1v) is 7.06. The van der Waals surface area contributed by atoms with Gasteiger partial charge in [0.25, 0.3) is 0 Å². The molecule has 0 fully saturated rings. The molecule has 0 radical (unpaired) electrons. The van der Waals surface area contributed by atoms with Gasteiger partial charge in [0.2, 0.25) is 5.91 Å². The summed E-state index contributed by atoms with van der Waals surface area (Å²) in [7, 11) is 1.69. The fourth-order valence-corrected chi connectivity index (χ4v) is 2.49. The van der Waals surface area contributed by atoms with Crippen molar-refractivity contribution in [1.29, 1.82) is 0 Å². The highest BCUT2D eigenvalue weighted by atomic mass is 32.2. The topological polar surface area (TPSA) is 46.3 Å². The van der Waals surface area contributed by atoms with E-state index in [0.29, 0.717) is 10.6 Å². The third-order valence-corrected chi connectivity index (χ3v) is 3.88. The average molecular weight is 290 g/mol. The van der Waals surface area contributed by atoms with Crippen molar-refractivity contribution in [2.24, 2.45) is 0 Å². The van der Waals surface area contributed by atoms with Crippen LogP contribution in [-0.4, -0.2) is 18.7 Å². The van der Waals surface area contributed by atoms with E-state index in [1.165, 1.54) is 22.7 Å². The molecule has 20 heavy (non-hydrogen) atoms. The molecule has 1 amide bonds. The van der Waals surface area contributed by atoms with Gasteiger partial charge in [0, 0.05) is 23.3 Å². The first kappa shape index (κ1) is 14.4. The third kappa shape index (κ3) is 3.51. The lowest BCUT2D eigenvalue weighted by Crippen LogP contribution is -2.27. The summed E-state index contributed by atoms with van der Waals surface area (Å²) < 4.78 is 13.4. The van der Waals surface area contributed by atoms with Gasteiger partial charge in [0.05, 0.1) is 5.75 Å². The molecule has 0 aromatic heterocycles. The highest BCUT2D eigenvalue weighted by Crippen LogP contribution is 2.22. The van der Waals surface area contributed by atoms with Crippen LogP contribution in [0.4, 0.5) is 15.8 Å². The van der Waals surface area contributed by atoms with Crippen molar-refractivity contribution < 1.29 is 9.18 Å². The second kappa shape index (κ2) is 6.43. The Balaban J connectivity index is 1.98. The predicted octanol–water partition coefficient (Wildman–Crippen LogP) is 3.16. The van der Waals surface area contributed by atoms with E-state index < -0.39 is 0 Å². The molecule has 0 spiro atoms. The van der Waals surface area contributed by atoms with Crippen LogP contribution in [0, 0.1) is 5.82 Å². The van der Waals surface area contributed by atoms with Crippen molar-refractivity contribution >= 4 is 29.0 Å². The predicted molar refractivity (Wildman–Crippen MR) is 81.4 cm³/mol. The number of rotatable bonds is 4. The third-order valence-electron chi connectivity index (χ3n) is 2.84. The number of amides is 1. The zero-order valence-corrected chi connectivity index (χ0v) is 11.9. The van der Waals surface area contributed by atoms with E-state index in [1.807, 2.05) is 0 Å². The van der Waals surface area contributed by atoms with Crippen LogP contribution in [0.25, 0.3) is 0 Å². The minimum atomic E-state index is -0.305. The van der Waals surface area contributed by atoms with E-state index in [1.54, 1.807) is 49.5 Å². The Morgan fingerprint density at radius 3 is 2.50 bits per heavy atom. The summed E-state index contributed by atoms with van der Waals surface area (Å²) in [6.07, 6.45) is 0. The van der Waals surface area contributed by atoms with Gasteiger partial charge in [0.15, 0.2) is 0 Å². The summed E-state index contributed by atoms with van der Waals surface area (Å²) in [6.45, 7) is 0. The summed E-state index contributed by atoms with van der Waals surface area (Å²) in [5, 5.41) is 0. The molecule has 0 aliphatic heterocycles. The number of hydrogen-bond acceptors (Lipinski definition) is 3. The molecule has 0 aliphatic rings. The van der Waals surface area contributed by atoms with Crippen molar-refractivity contribution in [2.45, 2.75) is 4.90 Å². The van der Waals surface area contributed by atoms with Crippen LogP contribution < -0.4 is 10.6 Å². The van der Waals surface area contributed by atoms with Crippen LogP contribution in [0.15, 0.2) is 53.4 Å². The molecule has 0 atom stereocenters. The molecule has 0 saturated carbocycles. The molecule has 0 saturated heterocycles. The van der Waals surface area contributed by atoms with E-state index in [2.05, 4.69) is 0 Å². The Morgan fingerprint density at radius 2 is 1.85 bits per heavy atom. The van der Waals surface area contributed by atoms with Crippen molar-refractivity contribution in [3.05, 3.63) is 54.3 Å². The SMILES string of the molecule is CN(C(=O)CSc1ccccc1F)c1ccc(N)cc1. The van der Waals surface area contributed by atoms with Gasteiger partial charge < -0.3 is 10.6 Å². The number of carbonyl (C=O) groups is 1. The summed E-state index contributed by atoms with van der Waals surface area (Å²) in [5.74, 6) is -0.217. The number of carbonyl (C=O) groups excluding carboxylic acids is 1. The number of halogens is 1. The highest BCUT2D eigenvalue weighted by molar-refractivity contribution is 8.00. The molecule has 3 nitrogen and oxygen atoms in total. The number of benzene rings is 2. The lowest BCUT2D eigenvalue weighted by atomic mass is 10.2. The van der Waals surface area contributed by atoms with E-state index in [0.717, 1.165) is 5.69 Å². The van der Waals surface area contributed by atoms with Crippen LogP contribution in [-0.2, 0) is 4.79 Å².